The van der Waals surface area contributed by atoms with E-state index in [0.29, 0.717) is 3.03 Å². The molecule has 33 heavy (non-hydrogen) atoms. The minimum Gasteiger partial charge on any atom is 2.00 e. The molecular formula is C24H45CaNaO7. The van der Waals surface area contributed by atoms with Crippen molar-refractivity contribution in [1.29, 1.82) is 0 Å². The molecule has 0 fully saturated rings. The van der Waals surface area contributed by atoms with E-state index in [1.165, 1.54) is 89.9 Å². The fourth-order valence-corrected chi connectivity index (χ4v) is 3.10. The van der Waals surface area contributed by atoms with Crippen molar-refractivity contribution in [1.82, 2.24) is 0 Å². The summed E-state index contributed by atoms with van der Waals surface area (Å²) in [4.78, 5) is 29.5. The van der Waals surface area contributed by atoms with Crippen molar-refractivity contribution in [2.75, 3.05) is 0 Å². The number of unbranched alkanes of at least 4 members (excludes halogenated alkanes) is 14. The van der Waals surface area contributed by atoms with Gasteiger partial charge in [0, 0.05) is 0 Å². The SMILES string of the molecule is CC(O)C(=O)[O-].CC(O)C(=O)[O-].CCCCCCCCCCCCCCCCC[C](=O)[Na].[Ca+2]. The van der Waals surface area contributed by atoms with E-state index in [1.807, 2.05) is 0 Å². The minimum atomic E-state index is -1.44. The van der Waals surface area contributed by atoms with Gasteiger partial charge in [0.1, 0.15) is 0 Å². The first-order chi connectivity index (χ1) is 15.1. The number of carboxylic acids is 2. The van der Waals surface area contributed by atoms with Gasteiger partial charge in [0.25, 0.3) is 0 Å². The zero-order valence-electron chi connectivity index (χ0n) is 21.6. The van der Waals surface area contributed by atoms with Crippen molar-refractivity contribution in [3.8, 4) is 0 Å². The molecule has 0 amide bonds. The van der Waals surface area contributed by atoms with Crippen molar-refractivity contribution in [3.05, 3.63) is 0 Å². The fourth-order valence-electron chi connectivity index (χ4n) is 2.75. The summed E-state index contributed by atoms with van der Waals surface area (Å²) in [6, 6.07) is 0. The number of aliphatic hydroxyl groups is 2. The van der Waals surface area contributed by atoms with Gasteiger partial charge in [-0.15, -0.1) is 0 Å². The van der Waals surface area contributed by atoms with Crippen molar-refractivity contribution >= 4 is 80.6 Å². The molecule has 0 saturated carbocycles. The summed E-state index contributed by atoms with van der Waals surface area (Å²) in [6.45, 7) is 4.55. The molecule has 0 rings (SSSR count). The Hall–Kier alpha value is 0.790. The van der Waals surface area contributed by atoms with Gasteiger partial charge >= 0.3 is 144 Å². The van der Waals surface area contributed by atoms with Crippen LogP contribution in [0.2, 0.25) is 0 Å². The van der Waals surface area contributed by atoms with Gasteiger partial charge in [0.2, 0.25) is 0 Å². The first-order valence-corrected chi connectivity index (χ1v) is 13.3. The number of hydrogen-bond acceptors (Lipinski definition) is 7. The normalized spacial score (nSPS) is 11.6. The zero-order chi connectivity index (χ0) is 25.2. The molecule has 0 aromatic rings. The molecule has 0 bridgehead atoms. The quantitative estimate of drug-likeness (QED) is 0.213. The number of carboxylic acid groups (broad SMARTS) is 2. The Labute approximate surface area is 248 Å². The molecule has 0 aromatic carbocycles. The standard InChI is InChI=1S/C18H35O.2C3H6O3.Ca.Na/c1-2-3-4-5-6-7-8-9-10-11-12-13-14-15-16-17-18-19;2*1-2(4)3(5)6;;/h2-17H2,1H3;2*2,4H,1H3,(H,5,6);;/q;;;+2;/p-2. The summed E-state index contributed by atoms with van der Waals surface area (Å²) in [7, 11) is 0. The van der Waals surface area contributed by atoms with Gasteiger partial charge in [-0.25, -0.2) is 0 Å². The Morgan fingerprint density at radius 3 is 1.03 bits per heavy atom. The molecule has 0 aliphatic heterocycles. The van der Waals surface area contributed by atoms with E-state index in [2.05, 4.69) is 6.92 Å². The van der Waals surface area contributed by atoms with Gasteiger partial charge < -0.3 is 30.0 Å². The Morgan fingerprint density at radius 1 is 0.636 bits per heavy atom. The molecule has 0 aliphatic carbocycles. The largest absolute Gasteiger partial charge is 2.00 e. The Balaban J connectivity index is -0.000000266. The Kier molecular flexibility index (Phi) is 40.7. The zero-order valence-corrected chi connectivity index (χ0v) is 25.8. The van der Waals surface area contributed by atoms with Crippen LogP contribution < -0.4 is 10.2 Å². The fraction of sp³-hybridized carbons (Fsp3) is 0.875. The van der Waals surface area contributed by atoms with E-state index in [-0.39, 0.29) is 37.7 Å². The Bertz CT molecular complexity index is 429. The average molecular weight is 509 g/mol. The summed E-state index contributed by atoms with van der Waals surface area (Å²) < 4.78 is 0.486. The molecule has 2 N–H and O–H groups in total. The molecule has 186 valence electrons. The number of carbonyl (C=O) groups excluding carboxylic acids is 3. The first kappa shape index (κ1) is 40.9. The molecule has 7 nitrogen and oxygen atoms in total. The molecule has 9 heteroatoms. The van der Waals surface area contributed by atoms with E-state index in [9.17, 15) is 24.6 Å². The third kappa shape index (κ3) is 46.7. The number of aliphatic hydroxyl groups excluding tert-OH is 2. The van der Waals surface area contributed by atoms with Gasteiger partial charge in [-0.2, -0.15) is 0 Å². The first-order valence-electron chi connectivity index (χ1n) is 12.3. The van der Waals surface area contributed by atoms with Crippen molar-refractivity contribution in [2.24, 2.45) is 0 Å². The molecule has 2 unspecified atom stereocenters. The average Bonchev–Trinajstić information content (AvgIpc) is 2.71. The maximum Gasteiger partial charge on any atom is 2.00 e. The number of carbonyl (C=O) groups is 3. The smallest absolute Gasteiger partial charge is 2.00 e. The van der Waals surface area contributed by atoms with E-state index in [4.69, 9.17) is 10.2 Å². The van der Waals surface area contributed by atoms with Gasteiger partial charge in [0.05, 0.1) is 24.1 Å². The molecule has 0 radical (unpaired) electrons. The van der Waals surface area contributed by atoms with Crippen molar-refractivity contribution < 1.29 is 34.8 Å². The van der Waals surface area contributed by atoms with Crippen LogP contribution in [0.15, 0.2) is 0 Å². The summed E-state index contributed by atoms with van der Waals surface area (Å²) in [5.74, 6) is -2.87. The van der Waals surface area contributed by atoms with Crippen LogP contribution in [0, 0.1) is 0 Å². The van der Waals surface area contributed by atoms with E-state index < -0.39 is 24.1 Å². The van der Waals surface area contributed by atoms with Crippen LogP contribution in [0.25, 0.3) is 0 Å². The van der Waals surface area contributed by atoms with Crippen LogP contribution in [-0.4, -0.2) is 103 Å². The van der Waals surface area contributed by atoms with Crippen LogP contribution in [0.1, 0.15) is 124 Å². The molecule has 0 spiro atoms. The third-order valence-corrected chi connectivity index (χ3v) is 5.31. The second-order valence-electron chi connectivity index (χ2n) is 8.39. The summed E-state index contributed by atoms with van der Waals surface area (Å²) in [6.07, 6.45) is 19.1. The number of rotatable bonds is 18. The maximum atomic E-state index is 10.8. The van der Waals surface area contributed by atoms with Crippen LogP contribution >= 0.6 is 0 Å². The van der Waals surface area contributed by atoms with Crippen LogP contribution in [-0.2, 0) is 14.4 Å². The van der Waals surface area contributed by atoms with Gasteiger partial charge in [-0.05, 0) is 13.8 Å². The maximum absolute atomic E-state index is 10.8. The second kappa shape index (κ2) is 32.8. The molecule has 2 atom stereocenters. The predicted octanol–water partition coefficient (Wildman–Crippen LogP) is 1.80. The molecule has 0 saturated heterocycles. The molecule has 0 aromatic heterocycles. The van der Waals surface area contributed by atoms with Gasteiger partial charge in [-0.3, -0.25) is 0 Å². The summed E-state index contributed by atoms with van der Waals surface area (Å²) in [5.41, 5.74) is 0. The summed E-state index contributed by atoms with van der Waals surface area (Å²) in [5, 5.41) is 34.6. The molecule has 0 heterocycles. The van der Waals surface area contributed by atoms with Crippen LogP contribution in [0.3, 0.4) is 0 Å². The number of hydrogen-bond donors (Lipinski definition) is 2. The van der Waals surface area contributed by atoms with Crippen LogP contribution in [0.5, 0.6) is 0 Å². The monoisotopic (exact) mass is 508 g/mol. The Morgan fingerprint density at radius 2 is 0.848 bits per heavy atom. The second-order valence-corrected chi connectivity index (χ2v) is 9.51. The van der Waals surface area contributed by atoms with Crippen molar-refractivity contribution in [3.63, 3.8) is 0 Å². The van der Waals surface area contributed by atoms with Gasteiger partial charge in [0.15, 0.2) is 0 Å². The van der Waals surface area contributed by atoms with Crippen molar-refractivity contribution in [2.45, 2.75) is 136 Å². The van der Waals surface area contributed by atoms with E-state index >= 15 is 0 Å². The topological polar surface area (TPSA) is 138 Å². The predicted molar refractivity (Wildman–Crippen MR) is 129 cm³/mol. The minimum absolute atomic E-state index is 0. The van der Waals surface area contributed by atoms with Gasteiger partial charge in [-0.1, -0.05) is 39.0 Å². The third-order valence-electron chi connectivity index (χ3n) is 4.81. The number of aliphatic carboxylic acids is 2. The summed E-state index contributed by atoms with van der Waals surface area (Å²) >= 11 is 0.751. The molecule has 0 aliphatic rings. The van der Waals surface area contributed by atoms with Crippen LogP contribution in [0.4, 0.5) is 0 Å². The van der Waals surface area contributed by atoms with E-state index in [1.54, 1.807) is 0 Å². The molecular weight excluding hydrogens is 463 g/mol. The van der Waals surface area contributed by atoms with E-state index in [0.717, 1.165) is 54.6 Å².